The fourth-order valence-electron chi connectivity index (χ4n) is 4.89. The van der Waals surface area contributed by atoms with Crippen LogP contribution in [0.2, 0.25) is 0 Å². The number of rotatable bonds is 1. The predicted octanol–water partition coefficient (Wildman–Crippen LogP) is 1.63. The molecule has 0 amide bonds. The summed E-state index contributed by atoms with van der Waals surface area (Å²) in [5.74, 6) is 2.41. The van der Waals surface area contributed by atoms with Gasteiger partial charge in [0.1, 0.15) is 5.78 Å². The molecule has 4 atom stereocenters. The first kappa shape index (κ1) is 16.0. The van der Waals surface area contributed by atoms with Crippen molar-refractivity contribution in [3.8, 4) is 0 Å². The average molecular weight is 318 g/mol. The van der Waals surface area contributed by atoms with E-state index in [1.54, 1.807) is 0 Å². The lowest BCUT2D eigenvalue weighted by molar-refractivity contribution is -0.124. The van der Waals surface area contributed by atoms with Gasteiger partial charge in [0.15, 0.2) is 0 Å². The maximum absolute atomic E-state index is 11.7. The van der Waals surface area contributed by atoms with Crippen molar-refractivity contribution in [1.82, 2.24) is 5.01 Å². The van der Waals surface area contributed by atoms with Crippen LogP contribution in [0.5, 0.6) is 0 Å². The highest BCUT2D eigenvalue weighted by molar-refractivity contribution is 5.96. The van der Waals surface area contributed by atoms with Crippen LogP contribution in [0.3, 0.4) is 0 Å². The molecule has 0 heterocycles. The summed E-state index contributed by atoms with van der Waals surface area (Å²) in [5, 5.41) is 20.3. The molecule has 0 bridgehead atoms. The number of hydrazone groups is 1. The second kappa shape index (κ2) is 6.29. The molecule has 3 rings (SSSR count). The fourth-order valence-corrected chi connectivity index (χ4v) is 4.89. The number of carbonyl (C=O) groups excluding carboxylic acids is 1. The lowest BCUT2D eigenvalue weighted by atomic mass is 9.57. The minimum absolute atomic E-state index is 0.318. The van der Waals surface area contributed by atoms with Crippen molar-refractivity contribution >= 4 is 23.4 Å². The molecule has 0 aromatic rings. The van der Waals surface area contributed by atoms with Gasteiger partial charge < -0.3 is 11.5 Å². The summed E-state index contributed by atoms with van der Waals surface area (Å²) in [5.41, 5.74) is 11.9. The largest absolute Gasteiger partial charge is 0.368 e. The second-order valence-corrected chi connectivity index (χ2v) is 7.20. The highest BCUT2D eigenvalue weighted by Gasteiger charge is 2.43. The molecule has 3 aliphatic carbocycles. The van der Waals surface area contributed by atoms with Crippen LogP contribution in [0.4, 0.5) is 0 Å². The molecule has 3 fully saturated rings. The molecule has 0 saturated heterocycles. The number of hydrogen-bond donors (Lipinski definition) is 4. The van der Waals surface area contributed by atoms with Gasteiger partial charge in [-0.25, -0.2) is 0 Å². The van der Waals surface area contributed by atoms with Gasteiger partial charge in [-0.15, -0.1) is 0 Å². The van der Waals surface area contributed by atoms with Gasteiger partial charge in [-0.2, -0.15) is 10.1 Å². The Morgan fingerprint density at radius 1 is 0.957 bits per heavy atom. The van der Waals surface area contributed by atoms with Gasteiger partial charge in [-0.3, -0.25) is 15.6 Å². The molecule has 0 aliphatic heterocycles. The fraction of sp³-hybridized carbons (Fsp3) is 0.750. The maximum Gasteiger partial charge on any atom is 0.216 e. The highest BCUT2D eigenvalue weighted by Crippen LogP contribution is 2.50. The summed E-state index contributed by atoms with van der Waals surface area (Å²) in [4.78, 5) is 11.7. The Kier molecular flexibility index (Phi) is 4.37. The van der Waals surface area contributed by atoms with E-state index in [9.17, 15) is 4.79 Å². The third kappa shape index (κ3) is 3.23. The Bertz CT molecular complexity index is 543. The zero-order chi connectivity index (χ0) is 16.6. The van der Waals surface area contributed by atoms with Crippen molar-refractivity contribution in [2.24, 2.45) is 40.2 Å². The first-order chi connectivity index (χ1) is 11.0. The summed E-state index contributed by atoms with van der Waals surface area (Å²) < 4.78 is 0. The van der Waals surface area contributed by atoms with Crippen molar-refractivity contribution in [1.29, 1.82) is 10.8 Å². The van der Waals surface area contributed by atoms with Crippen LogP contribution in [0.15, 0.2) is 5.10 Å². The lowest BCUT2D eigenvalue weighted by Crippen LogP contribution is -2.44. The van der Waals surface area contributed by atoms with Crippen LogP contribution in [0, 0.1) is 34.5 Å². The van der Waals surface area contributed by atoms with Crippen LogP contribution in [-0.4, -0.2) is 28.4 Å². The molecule has 126 valence electrons. The first-order valence-corrected chi connectivity index (χ1v) is 8.52. The topological polar surface area (TPSA) is 132 Å². The number of nitrogens with two attached hydrogens (primary N) is 2. The number of nitrogens with zero attached hydrogens (tertiary/aromatic N) is 2. The number of hydrogen-bond acceptors (Lipinski definition) is 4. The molecule has 0 aromatic heterocycles. The van der Waals surface area contributed by atoms with Gasteiger partial charge in [-0.05, 0) is 62.2 Å². The molecular formula is C16H26N6O. The summed E-state index contributed by atoms with van der Waals surface area (Å²) in [6, 6.07) is 0. The Morgan fingerprint density at radius 3 is 2.13 bits per heavy atom. The quantitative estimate of drug-likeness (QED) is 0.332. The van der Waals surface area contributed by atoms with Crippen LogP contribution in [0.25, 0.3) is 0 Å². The van der Waals surface area contributed by atoms with Crippen molar-refractivity contribution in [3.63, 3.8) is 0 Å². The molecule has 4 unspecified atom stereocenters. The predicted molar refractivity (Wildman–Crippen MR) is 89.0 cm³/mol. The van der Waals surface area contributed by atoms with E-state index in [2.05, 4.69) is 5.10 Å². The van der Waals surface area contributed by atoms with E-state index in [-0.39, 0.29) is 11.9 Å². The van der Waals surface area contributed by atoms with Crippen molar-refractivity contribution in [3.05, 3.63) is 0 Å². The normalized spacial score (nSPS) is 35.3. The first-order valence-electron chi connectivity index (χ1n) is 8.52. The third-order valence-corrected chi connectivity index (χ3v) is 5.88. The Hall–Kier alpha value is -1.92. The summed E-state index contributed by atoms with van der Waals surface area (Å²) >= 11 is 0. The van der Waals surface area contributed by atoms with E-state index < -0.39 is 0 Å². The Balaban J connectivity index is 1.69. The number of guanidine groups is 2. The van der Waals surface area contributed by atoms with Crippen molar-refractivity contribution < 1.29 is 4.79 Å². The van der Waals surface area contributed by atoms with Gasteiger partial charge in [0, 0.05) is 18.6 Å². The maximum atomic E-state index is 11.7. The summed E-state index contributed by atoms with van der Waals surface area (Å²) in [7, 11) is 0. The SMILES string of the molecule is N=C(N)N(N=C1CCC2C(CCC3CC(=O)CCC32)C1)C(=N)N. The second-order valence-electron chi connectivity index (χ2n) is 7.20. The average Bonchev–Trinajstić information content (AvgIpc) is 2.51. The molecule has 3 aliphatic rings. The highest BCUT2D eigenvalue weighted by atomic mass is 16.1. The molecule has 7 heteroatoms. The molecular weight excluding hydrogens is 292 g/mol. The summed E-state index contributed by atoms with van der Waals surface area (Å²) in [6.07, 6.45) is 7.76. The van der Waals surface area contributed by atoms with Crippen LogP contribution in [0.1, 0.15) is 51.4 Å². The van der Waals surface area contributed by atoms with E-state index in [1.165, 1.54) is 0 Å². The van der Waals surface area contributed by atoms with Crippen LogP contribution < -0.4 is 11.5 Å². The van der Waals surface area contributed by atoms with Gasteiger partial charge in [0.25, 0.3) is 0 Å². The van der Waals surface area contributed by atoms with E-state index in [0.29, 0.717) is 29.5 Å². The molecule has 0 radical (unpaired) electrons. The standard InChI is InChI=1S/C16H26N6O/c17-15(18)22(16(19)20)21-11-3-5-13-9(7-11)1-2-10-8-12(23)4-6-14(10)13/h9-10,13-14H,1-8H2,(H3,17,18)(H3,19,20). The number of nitrogens with one attached hydrogen (secondary N) is 2. The van der Waals surface area contributed by atoms with E-state index >= 15 is 0 Å². The smallest absolute Gasteiger partial charge is 0.216 e. The Morgan fingerprint density at radius 2 is 1.52 bits per heavy atom. The number of carbonyl (C=O) groups is 1. The lowest BCUT2D eigenvalue weighted by Gasteiger charge is -2.47. The molecule has 7 nitrogen and oxygen atoms in total. The zero-order valence-corrected chi connectivity index (χ0v) is 13.4. The van der Waals surface area contributed by atoms with Gasteiger partial charge in [0.2, 0.25) is 11.9 Å². The van der Waals surface area contributed by atoms with E-state index in [1.807, 2.05) is 0 Å². The summed E-state index contributed by atoms with van der Waals surface area (Å²) in [6.45, 7) is 0. The Labute approximate surface area is 136 Å². The van der Waals surface area contributed by atoms with Crippen LogP contribution >= 0.6 is 0 Å². The van der Waals surface area contributed by atoms with E-state index in [4.69, 9.17) is 22.3 Å². The molecule has 6 N–H and O–H groups in total. The van der Waals surface area contributed by atoms with Gasteiger partial charge in [-0.1, -0.05) is 0 Å². The van der Waals surface area contributed by atoms with Crippen molar-refractivity contribution in [2.45, 2.75) is 51.4 Å². The molecule has 0 aromatic carbocycles. The minimum atomic E-state index is -0.318. The number of ketones is 1. The van der Waals surface area contributed by atoms with Crippen LogP contribution in [-0.2, 0) is 4.79 Å². The number of fused-ring (bicyclic) bond motifs is 3. The number of Topliss-reactive ketones (excluding diaryl/α,β-unsaturated/α-hetero) is 1. The van der Waals surface area contributed by atoms with Crippen molar-refractivity contribution in [2.75, 3.05) is 0 Å². The molecule has 23 heavy (non-hydrogen) atoms. The third-order valence-electron chi connectivity index (χ3n) is 5.88. The minimum Gasteiger partial charge on any atom is -0.368 e. The van der Waals surface area contributed by atoms with E-state index in [0.717, 1.165) is 62.1 Å². The zero-order valence-electron chi connectivity index (χ0n) is 13.4. The van der Waals surface area contributed by atoms with Gasteiger partial charge in [0.05, 0.1) is 0 Å². The molecule has 0 spiro atoms. The monoisotopic (exact) mass is 318 g/mol. The molecule has 3 saturated carbocycles. The van der Waals surface area contributed by atoms with Gasteiger partial charge >= 0.3 is 0 Å².